The van der Waals surface area contributed by atoms with Gasteiger partial charge in [0.05, 0.1) is 5.54 Å². The Hall–Kier alpha value is -0.740. The van der Waals surface area contributed by atoms with E-state index in [4.69, 9.17) is 17.3 Å². The first-order valence-corrected chi connectivity index (χ1v) is 4.82. The molecule has 1 saturated carbocycles. The van der Waals surface area contributed by atoms with Crippen molar-refractivity contribution in [2.24, 2.45) is 5.73 Å². The number of halogens is 4. The summed E-state index contributed by atoms with van der Waals surface area (Å²) >= 11 is 5.79. The zero-order chi connectivity index (χ0) is 11.3. The summed E-state index contributed by atoms with van der Waals surface area (Å²) in [6.07, 6.45) is -0.966. The summed E-state index contributed by atoms with van der Waals surface area (Å²) < 4.78 is 38.4. The van der Waals surface area contributed by atoms with Gasteiger partial charge in [0.25, 0.3) is 5.92 Å². The van der Waals surface area contributed by atoms with Gasteiger partial charge in [-0.1, -0.05) is 11.6 Å². The van der Waals surface area contributed by atoms with Crippen molar-refractivity contribution >= 4 is 11.6 Å². The molecule has 0 saturated heterocycles. The molecule has 1 fully saturated rings. The van der Waals surface area contributed by atoms with Gasteiger partial charge >= 0.3 is 0 Å². The second kappa shape index (κ2) is 3.12. The molecule has 0 bridgehead atoms. The lowest BCUT2D eigenvalue weighted by atomic mass is 9.70. The molecule has 15 heavy (non-hydrogen) atoms. The zero-order valence-corrected chi connectivity index (χ0v) is 8.49. The summed E-state index contributed by atoms with van der Waals surface area (Å²) in [5.74, 6) is -3.28. The maximum absolute atomic E-state index is 12.9. The highest BCUT2D eigenvalue weighted by Crippen LogP contribution is 2.51. The Kier molecular flexibility index (Phi) is 2.24. The van der Waals surface area contributed by atoms with E-state index in [9.17, 15) is 13.2 Å². The van der Waals surface area contributed by atoms with E-state index >= 15 is 0 Å². The van der Waals surface area contributed by atoms with E-state index in [0.29, 0.717) is 0 Å². The van der Waals surface area contributed by atoms with Crippen molar-refractivity contribution in [1.82, 2.24) is 0 Å². The number of hydrogen-bond acceptors (Lipinski definition) is 1. The first-order valence-electron chi connectivity index (χ1n) is 4.45. The van der Waals surface area contributed by atoms with Crippen molar-refractivity contribution in [3.63, 3.8) is 0 Å². The molecule has 2 N–H and O–H groups in total. The van der Waals surface area contributed by atoms with E-state index in [2.05, 4.69) is 0 Å². The fraction of sp³-hybridized carbons (Fsp3) is 0.400. The molecule has 0 radical (unpaired) electrons. The van der Waals surface area contributed by atoms with Crippen LogP contribution in [0, 0.1) is 5.82 Å². The number of alkyl halides is 2. The molecular weight excluding hydrogens is 227 g/mol. The highest BCUT2D eigenvalue weighted by Gasteiger charge is 2.55. The molecule has 1 aliphatic rings. The van der Waals surface area contributed by atoms with Crippen LogP contribution in [-0.4, -0.2) is 5.92 Å². The molecule has 82 valence electrons. The first kappa shape index (κ1) is 10.8. The van der Waals surface area contributed by atoms with Crippen molar-refractivity contribution in [3.05, 3.63) is 34.6 Å². The topological polar surface area (TPSA) is 26.0 Å². The molecule has 0 amide bonds. The highest BCUT2D eigenvalue weighted by molar-refractivity contribution is 6.31. The minimum absolute atomic E-state index is 0.231. The van der Waals surface area contributed by atoms with E-state index in [1.165, 1.54) is 12.1 Å². The second-order valence-electron chi connectivity index (χ2n) is 3.99. The van der Waals surface area contributed by atoms with Crippen molar-refractivity contribution in [2.45, 2.75) is 24.3 Å². The van der Waals surface area contributed by atoms with Crippen molar-refractivity contribution < 1.29 is 13.2 Å². The van der Waals surface area contributed by atoms with Crippen LogP contribution in [0.2, 0.25) is 5.02 Å². The second-order valence-corrected chi connectivity index (χ2v) is 4.40. The smallest absolute Gasteiger partial charge is 0.252 e. The number of rotatable bonds is 1. The van der Waals surface area contributed by atoms with Crippen molar-refractivity contribution in [3.8, 4) is 0 Å². The van der Waals surface area contributed by atoms with Gasteiger partial charge in [-0.2, -0.15) is 0 Å². The summed E-state index contributed by atoms with van der Waals surface area (Å²) in [5, 5.41) is 0.231. The minimum Gasteiger partial charge on any atom is -0.321 e. The van der Waals surface area contributed by atoms with Crippen molar-refractivity contribution in [2.75, 3.05) is 0 Å². The molecule has 0 aliphatic heterocycles. The average molecular weight is 236 g/mol. The minimum atomic E-state index is -2.76. The normalized spacial score (nSPS) is 22.2. The van der Waals surface area contributed by atoms with Gasteiger partial charge in [-0.15, -0.1) is 0 Å². The Morgan fingerprint density at radius 3 is 2.40 bits per heavy atom. The van der Waals surface area contributed by atoms with Gasteiger partial charge in [-0.3, -0.25) is 0 Å². The fourth-order valence-electron chi connectivity index (χ4n) is 1.94. The van der Waals surface area contributed by atoms with Crippen LogP contribution < -0.4 is 5.73 Å². The Morgan fingerprint density at radius 1 is 1.27 bits per heavy atom. The maximum Gasteiger partial charge on any atom is 0.252 e. The molecule has 0 spiro atoms. The van der Waals surface area contributed by atoms with Gasteiger partial charge in [-0.05, 0) is 23.8 Å². The quantitative estimate of drug-likeness (QED) is 0.796. The lowest BCUT2D eigenvalue weighted by Crippen LogP contribution is -2.55. The van der Waals surface area contributed by atoms with Crippen LogP contribution in [0.5, 0.6) is 0 Å². The van der Waals surface area contributed by atoms with Crippen LogP contribution >= 0.6 is 11.6 Å². The van der Waals surface area contributed by atoms with Crippen LogP contribution in [0.3, 0.4) is 0 Å². The summed E-state index contributed by atoms with van der Waals surface area (Å²) in [6, 6.07) is 3.63. The first-order chi connectivity index (χ1) is 6.82. The lowest BCUT2D eigenvalue weighted by Gasteiger charge is -2.45. The van der Waals surface area contributed by atoms with Crippen LogP contribution in [0.25, 0.3) is 0 Å². The average Bonchev–Trinajstić information content (AvgIpc) is 2.05. The van der Waals surface area contributed by atoms with Gasteiger partial charge < -0.3 is 5.73 Å². The zero-order valence-electron chi connectivity index (χ0n) is 7.74. The molecule has 0 unspecified atom stereocenters. The predicted molar refractivity (Wildman–Crippen MR) is 51.5 cm³/mol. The number of hydrogen-bond donors (Lipinski definition) is 1. The van der Waals surface area contributed by atoms with Gasteiger partial charge in [0.2, 0.25) is 0 Å². The summed E-state index contributed by atoms with van der Waals surface area (Å²) in [4.78, 5) is 0. The van der Waals surface area contributed by atoms with Gasteiger partial charge in [0.15, 0.2) is 0 Å². The standard InChI is InChI=1S/C10H9ClF3N/c11-8-2-1-6(12)3-7(8)9(15)4-10(13,14)5-9/h1-3H,4-5,15H2. The third-order valence-electron chi connectivity index (χ3n) is 2.61. The van der Waals surface area contributed by atoms with Crippen LogP contribution in [-0.2, 0) is 5.54 Å². The van der Waals surface area contributed by atoms with E-state index in [0.717, 1.165) is 6.07 Å². The highest BCUT2D eigenvalue weighted by atomic mass is 35.5. The van der Waals surface area contributed by atoms with E-state index in [1.54, 1.807) is 0 Å². The summed E-state index contributed by atoms with van der Waals surface area (Å²) in [7, 11) is 0. The molecular formula is C10H9ClF3N. The Morgan fingerprint density at radius 2 is 1.87 bits per heavy atom. The van der Waals surface area contributed by atoms with E-state index in [-0.39, 0.29) is 10.6 Å². The van der Waals surface area contributed by atoms with E-state index in [1.807, 2.05) is 0 Å². The fourth-order valence-corrected chi connectivity index (χ4v) is 2.25. The predicted octanol–water partition coefficient (Wildman–Crippen LogP) is 3.06. The molecule has 0 aromatic heterocycles. The largest absolute Gasteiger partial charge is 0.321 e. The number of benzene rings is 1. The lowest BCUT2D eigenvalue weighted by molar-refractivity contribution is -0.125. The Balaban J connectivity index is 2.35. The summed E-state index contributed by atoms with van der Waals surface area (Å²) in [5.41, 5.74) is 4.81. The van der Waals surface area contributed by atoms with Crippen LogP contribution in [0.1, 0.15) is 18.4 Å². The number of nitrogens with two attached hydrogens (primary N) is 1. The molecule has 1 aromatic carbocycles. The molecule has 2 rings (SSSR count). The third-order valence-corrected chi connectivity index (χ3v) is 2.94. The van der Waals surface area contributed by atoms with Gasteiger partial charge in [0, 0.05) is 17.9 Å². The third kappa shape index (κ3) is 1.84. The monoisotopic (exact) mass is 235 g/mol. The SMILES string of the molecule is NC1(c2cc(F)ccc2Cl)CC(F)(F)C1. The van der Waals surface area contributed by atoms with Gasteiger partial charge in [-0.25, -0.2) is 13.2 Å². The molecule has 0 atom stereocenters. The molecule has 0 heterocycles. The maximum atomic E-state index is 12.9. The van der Waals surface area contributed by atoms with Crippen LogP contribution in [0.15, 0.2) is 18.2 Å². The summed E-state index contributed by atoms with van der Waals surface area (Å²) in [6.45, 7) is 0. The Labute approximate surface area is 90.0 Å². The molecule has 1 aliphatic carbocycles. The van der Waals surface area contributed by atoms with Gasteiger partial charge in [0.1, 0.15) is 5.82 Å². The van der Waals surface area contributed by atoms with Crippen LogP contribution in [0.4, 0.5) is 13.2 Å². The molecule has 1 nitrogen and oxygen atoms in total. The van der Waals surface area contributed by atoms with E-state index < -0.39 is 30.1 Å². The van der Waals surface area contributed by atoms with Crippen molar-refractivity contribution in [1.29, 1.82) is 0 Å². The molecule has 5 heteroatoms. The Bertz CT molecular complexity index is 398. The molecule has 1 aromatic rings.